The molecular weight excluding hydrogens is 396 g/mol. The second-order valence-electron chi connectivity index (χ2n) is 6.92. The third-order valence-corrected chi connectivity index (χ3v) is 4.85. The molecule has 0 spiro atoms. The molecule has 0 saturated heterocycles. The summed E-state index contributed by atoms with van der Waals surface area (Å²) in [5.74, 6) is 1.64. The van der Waals surface area contributed by atoms with Crippen LogP contribution in [0, 0.1) is 18.3 Å². The molecule has 0 aliphatic carbocycles. The van der Waals surface area contributed by atoms with Gasteiger partial charge in [-0.1, -0.05) is 6.07 Å². The normalized spacial score (nSPS) is 14.9. The number of fused-ring (bicyclic) bond motifs is 1. The van der Waals surface area contributed by atoms with Crippen molar-refractivity contribution in [2.45, 2.75) is 19.8 Å². The Balaban J connectivity index is 1.61. The molecule has 0 fully saturated rings. The Morgan fingerprint density at radius 1 is 1.13 bits per heavy atom. The van der Waals surface area contributed by atoms with E-state index >= 15 is 0 Å². The minimum absolute atomic E-state index is 0.0101. The Morgan fingerprint density at radius 2 is 1.87 bits per heavy atom. The molecule has 156 valence electrons. The van der Waals surface area contributed by atoms with Crippen molar-refractivity contribution in [1.29, 1.82) is 5.26 Å². The number of nitrogens with two attached hydrogens (primary N) is 1. The van der Waals surface area contributed by atoms with Gasteiger partial charge in [-0.05, 0) is 56.3 Å². The van der Waals surface area contributed by atoms with Crippen LogP contribution in [0.15, 0.2) is 70.5 Å². The molecule has 1 unspecified atom stereocenters. The van der Waals surface area contributed by atoms with Crippen molar-refractivity contribution in [3.63, 3.8) is 0 Å². The van der Waals surface area contributed by atoms with Gasteiger partial charge in [0.25, 0.3) is 0 Å². The summed E-state index contributed by atoms with van der Waals surface area (Å²) in [4.78, 5) is 12.5. The number of furan rings is 1. The van der Waals surface area contributed by atoms with Crippen molar-refractivity contribution in [3.8, 4) is 23.3 Å². The molecule has 0 amide bonds. The zero-order valence-corrected chi connectivity index (χ0v) is 17.0. The van der Waals surface area contributed by atoms with Crippen LogP contribution < -0.4 is 19.9 Å². The number of benzene rings is 2. The molecule has 2 N–H and O–H groups in total. The SMILES string of the molecule is CCOc1ccc(C(=O)Oc2ccc3c(c2)OC(N)=C(C#N)C3c2ccc(C)o2)cc1. The maximum atomic E-state index is 12.5. The van der Waals surface area contributed by atoms with Crippen molar-refractivity contribution in [1.82, 2.24) is 0 Å². The van der Waals surface area contributed by atoms with Gasteiger partial charge in [0, 0.05) is 11.6 Å². The van der Waals surface area contributed by atoms with Crippen LogP contribution in [0.5, 0.6) is 17.2 Å². The van der Waals surface area contributed by atoms with Crippen LogP contribution in [-0.2, 0) is 0 Å². The van der Waals surface area contributed by atoms with Gasteiger partial charge in [-0.2, -0.15) is 5.26 Å². The number of hydrogen-bond donors (Lipinski definition) is 1. The van der Waals surface area contributed by atoms with Crippen molar-refractivity contribution in [3.05, 3.63) is 88.7 Å². The second kappa shape index (κ2) is 8.28. The highest BCUT2D eigenvalue weighted by Gasteiger charge is 2.33. The van der Waals surface area contributed by atoms with Gasteiger partial charge in [-0.25, -0.2) is 4.79 Å². The Kier molecular flexibility index (Phi) is 5.37. The molecule has 4 rings (SSSR count). The van der Waals surface area contributed by atoms with Gasteiger partial charge in [0.05, 0.1) is 18.1 Å². The molecule has 2 heterocycles. The van der Waals surface area contributed by atoms with E-state index in [2.05, 4.69) is 6.07 Å². The molecule has 3 aromatic rings. The summed E-state index contributed by atoms with van der Waals surface area (Å²) < 4.78 is 22.3. The maximum Gasteiger partial charge on any atom is 0.343 e. The lowest BCUT2D eigenvalue weighted by Crippen LogP contribution is -2.21. The number of rotatable bonds is 5. The van der Waals surface area contributed by atoms with Crippen molar-refractivity contribution in [2.24, 2.45) is 5.73 Å². The fourth-order valence-electron chi connectivity index (χ4n) is 3.42. The van der Waals surface area contributed by atoms with Crippen LogP contribution >= 0.6 is 0 Å². The average Bonchev–Trinajstić information content (AvgIpc) is 3.19. The third kappa shape index (κ3) is 3.96. The molecule has 0 bridgehead atoms. The number of nitriles is 1. The highest BCUT2D eigenvalue weighted by Crippen LogP contribution is 2.43. The van der Waals surface area contributed by atoms with E-state index in [9.17, 15) is 10.1 Å². The summed E-state index contributed by atoms with van der Waals surface area (Å²) >= 11 is 0. The zero-order valence-electron chi connectivity index (χ0n) is 17.0. The number of carbonyl (C=O) groups excluding carboxylic acids is 1. The molecule has 1 atom stereocenters. The van der Waals surface area contributed by atoms with Crippen LogP contribution in [-0.4, -0.2) is 12.6 Å². The summed E-state index contributed by atoms with van der Waals surface area (Å²) in [5.41, 5.74) is 7.34. The molecule has 31 heavy (non-hydrogen) atoms. The topological polar surface area (TPSA) is 108 Å². The number of nitrogens with zero attached hydrogens (tertiary/aromatic N) is 1. The predicted octanol–water partition coefficient (Wildman–Crippen LogP) is 4.42. The van der Waals surface area contributed by atoms with Crippen LogP contribution in [0.1, 0.15) is 40.3 Å². The van der Waals surface area contributed by atoms with E-state index in [-0.39, 0.29) is 11.5 Å². The van der Waals surface area contributed by atoms with Crippen molar-refractivity contribution >= 4 is 5.97 Å². The van der Waals surface area contributed by atoms with Gasteiger partial charge in [-0.3, -0.25) is 0 Å². The standard InChI is InChI=1S/C24H20N2O5/c1-3-28-16-7-5-15(6-8-16)24(27)30-17-9-10-18-21(12-17)31-23(26)19(13-25)22(18)20-11-4-14(2)29-20/h4-12,22H,3,26H2,1-2H3. The van der Waals surface area contributed by atoms with E-state index in [1.165, 1.54) is 0 Å². The lowest BCUT2D eigenvalue weighted by molar-refractivity contribution is 0.0734. The number of ether oxygens (including phenoxy) is 3. The van der Waals surface area contributed by atoms with Crippen LogP contribution in [0.3, 0.4) is 0 Å². The predicted molar refractivity (Wildman–Crippen MR) is 112 cm³/mol. The lowest BCUT2D eigenvalue weighted by Gasteiger charge is -2.25. The average molecular weight is 416 g/mol. The number of esters is 1. The van der Waals surface area contributed by atoms with E-state index in [0.29, 0.717) is 40.7 Å². The summed E-state index contributed by atoms with van der Waals surface area (Å²) in [6.45, 7) is 4.26. The first-order chi connectivity index (χ1) is 15.0. The van der Waals surface area contributed by atoms with Gasteiger partial charge in [0.2, 0.25) is 5.88 Å². The third-order valence-electron chi connectivity index (χ3n) is 4.85. The summed E-state index contributed by atoms with van der Waals surface area (Å²) in [5, 5.41) is 9.59. The molecule has 7 heteroatoms. The molecule has 2 aromatic carbocycles. The Hall–Kier alpha value is -4.18. The van der Waals surface area contributed by atoms with E-state index in [4.69, 9.17) is 24.4 Å². The monoisotopic (exact) mass is 416 g/mol. The number of aryl methyl sites for hydroxylation is 1. The van der Waals surface area contributed by atoms with Gasteiger partial charge in [-0.15, -0.1) is 0 Å². The number of carbonyl (C=O) groups is 1. The molecule has 1 aliphatic heterocycles. The minimum atomic E-state index is -0.516. The van der Waals surface area contributed by atoms with Crippen molar-refractivity contribution in [2.75, 3.05) is 6.61 Å². The zero-order chi connectivity index (χ0) is 22.0. The Bertz CT molecular complexity index is 1200. The Labute approximate surface area is 179 Å². The number of hydrogen-bond acceptors (Lipinski definition) is 7. The molecule has 0 saturated carbocycles. The lowest BCUT2D eigenvalue weighted by atomic mass is 9.87. The summed E-state index contributed by atoms with van der Waals surface area (Å²) in [7, 11) is 0. The minimum Gasteiger partial charge on any atom is -0.494 e. The van der Waals surface area contributed by atoms with Crippen LogP contribution in [0.4, 0.5) is 0 Å². The van der Waals surface area contributed by atoms with Gasteiger partial charge in [0.15, 0.2) is 0 Å². The van der Waals surface area contributed by atoms with E-state index in [1.807, 2.05) is 19.9 Å². The first-order valence-corrected chi connectivity index (χ1v) is 9.73. The first kappa shape index (κ1) is 20.1. The molecule has 1 aliphatic rings. The summed E-state index contributed by atoms with van der Waals surface area (Å²) in [6.07, 6.45) is 0. The Morgan fingerprint density at radius 3 is 2.52 bits per heavy atom. The largest absolute Gasteiger partial charge is 0.494 e. The first-order valence-electron chi connectivity index (χ1n) is 9.73. The van der Waals surface area contributed by atoms with Gasteiger partial charge in [0.1, 0.15) is 40.4 Å². The smallest absolute Gasteiger partial charge is 0.343 e. The van der Waals surface area contributed by atoms with Crippen molar-refractivity contribution < 1.29 is 23.4 Å². The van der Waals surface area contributed by atoms with Gasteiger partial charge >= 0.3 is 5.97 Å². The molecular formula is C24H20N2O5. The quantitative estimate of drug-likeness (QED) is 0.484. The highest BCUT2D eigenvalue weighted by atomic mass is 16.5. The fourth-order valence-corrected chi connectivity index (χ4v) is 3.42. The second-order valence-corrected chi connectivity index (χ2v) is 6.92. The van der Waals surface area contributed by atoms with E-state index < -0.39 is 11.9 Å². The molecule has 7 nitrogen and oxygen atoms in total. The van der Waals surface area contributed by atoms with E-state index in [1.54, 1.807) is 48.5 Å². The molecule has 0 radical (unpaired) electrons. The van der Waals surface area contributed by atoms with Crippen LogP contribution in [0.25, 0.3) is 0 Å². The summed E-state index contributed by atoms with van der Waals surface area (Å²) in [6, 6.07) is 17.4. The number of allylic oxidation sites excluding steroid dienone is 1. The van der Waals surface area contributed by atoms with Crippen LogP contribution in [0.2, 0.25) is 0 Å². The molecule has 1 aromatic heterocycles. The van der Waals surface area contributed by atoms with E-state index in [0.717, 1.165) is 5.76 Å². The fraction of sp³-hybridized carbons (Fsp3) is 0.167. The van der Waals surface area contributed by atoms with Gasteiger partial charge < -0.3 is 24.4 Å². The maximum absolute atomic E-state index is 12.5. The highest BCUT2D eigenvalue weighted by molar-refractivity contribution is 5.91.